The molecule has 0 radical (unpaired) electrons. The monoisotopic (exact) mass is 249 g/mol. The van der Waals surface area contributed by atoms with Crippen LogP contribution in [0.5, 0.6) is 0 Å². The van der Waals surface area contributed by atoms with Crippen LogP contribution >= 0.6 is 0 Å². The van der Waals surface area contributed by atoms with E-state index in [1.807, 2.05) is 0 Å². The highest BCUT2D eigenvalue weighted by Crippen LogP contribution is 2.39. The van der Waals surface area contributed by atoms with Gasteiger partial charge in [0.05, 0.1) is 5.69 Å². The van der Waals surface area contributed by atoms with Gasteiger partial charge in [0, 0.05) is 19.3 Å². The Labute approximate surface area is 111 Å². The van der Waals surface area contributed by atoms with Crippen molar-refractivity contribution in [1.29, 1.82) is 0 Å². The summed E-state index contributed by atoms with van der Waals surface area (Å²) in [5.74, 6) is 1.06. The Bertz CT molecular complexity index is 375. The Morgan fingerprint density at radius 3 is 2.78 bits per heavy atom. The summed E-state index contributed by atoms with van der Waals surface area (Å²) in [6.07, 6.45) is 10.1. The molecule has 0 atom stereocenters. The maximum Gasteiger partial charge on any atom is 0.203 e. The molecular formula is C15H27N3. The lowest BCUT2D eigenvalue weighted by atomic mass is 9.89. The molecule has 102 valence electrons. The van der Waals surface area contributed by atoms with Crippen molar-refractivity contribution in [3.8, 4) is 0 Å². The highest BCUT2D eigenvalue weighted by Gasteiger charge is 2.29. The largest absolute Gasteiger partial charge is 0.356 e. The molecule has 1 aliphatic carbocycles. The molecule has 1 fully saturated rings. The molecule has 1 aromatic heterocycles. The number of unbranched alkanes of at least 4 members (excludes halogenated alkanes) is 1. The van der Waals surface area contributed by atoms with E-state index in [4.69, 9.17) is 0 Å². The van der Waals surface area contributed by atoms with Crippen molar-refractivity contribution in [2.75, 3.05) is 11.9 Å². The van der Waals surface area contributed by atoms with Crippen LogP contribution < -0.4 is 5.32 Å². The average Bonchev–Trinajstić information content (AvgIpc) is 2.87. The second-order valence-corrected chi connectivity index (χ2v) is 6.13. The van der Waals surface area contributed by atoms with Crippen LogP contribution in [0.15, 0.2) is 6.20 Å². The fourth-order valence-corrected chi connectivity index (χ4v) is 2.98. The number of imidazole rings is 1. The van der Waals surface area contributed by atoms with E-state index in [0.717, 1.165) is 24.7 Å². The van der Waals surface area contributed by atoms with Crippen LogP contribution in [0.2, 0.25) is 0 Å². The van der Waals surface area contributed by atoms with Gasteiger partial charge in [-0.15, -0.1) is 0 Å². The first-order chi connectivity index (χ1) is 8.63. The zero-order valence-electron chi connectivity index (χ0n) is 12.1. The molecule has 1 N–H and O–H groups in total. The van der Waals surface area contributed by atoms with Gasteiger partial charge in [0.2, 0.25) is 5.95 Å². The molecule has 3 nitrogen and oxygen atoms in total. The highest BCUT2D eigenvalue weighted by molar-refractivity contribution is 5.28. The molecular weight excluding hydrogens is 222 g/mol. The second kappa shape index (κ2) is 5.77. The number of rotatable bonds is 6. The number of nitrogens with zero attached hydrogens (tertiary/aromatic N) is 2. The Hall–Kier alpha value is -0.990. The molecule has 1 saturated carbocycles. The van der Waals surface area contributed by atoms with E-state index in [2.05, 4.69) is 41.8 Å². The van der Waals surface area contributed by atoms with Crippen LogP contribution in [-0.2, 0) is 6.54 Å². The summed E-state index contributed by atoms with van der Waals surface area (Å²) in [4.78, 5) is 4.61. The molecule has 18 heavy (non-hydrogen) atoms. The number of hydrogen-bond acceptors (Lipinski definition) is 2. The van der Waals surface area contributed by atoms with Gasteiger partial charge in [-0.2, -0.15) is 0 Å². The van der Waals surface area contributed by atoms with Gasteiger partial charge in [-0.05, 0) is 31.6 Å². The number of aryl methyl sites for hydroxylation is 1. The lowest BCUT2D eigenvalue weighted by Crippen LogP contribution is -2.21. The van der Waals surface area contributed by atoms with Crippen LogP contribution in [0.3, 0.4) is 0 Å². The van der Waals surface area contributed by atoms with Crippen LogP contribution in [0, 0.1) is 12.3 Å². The molecule has 0 saturated heterocycles. The summed E-state index contributed by atoms with van der Waals surface area (Å²) in [6, 6.07) is 0. The lowest BCUT2D eigenvalue weighted by Gasteiger charge is -2.25. The minimum absolute atomic E-state index is 0.480. The van der Waals surface area contributed by atoms with Crippen molar-refractivity contribution in [1.82, 2.24) is 9.55 Å². The fourth-order valence-electron chi connectivity index (χ4n) is 2.98. The van der Waals surface area contributed by atoms with Crippen LogP contribution in [-0.4, -0.2) is 16.1 Å². The minimum Gasteiger partial charge on any atom is -0.356 e. The lowest BCUT2D eigenvalue weighted by molar-refractivity contribution is 0.283. The van der Waals surface area contributed by atoms with E-state index in [9.17, 15) is 0 Å². The van der Waals surface area contributed by atoms with E-state index in [0.29, 0.717) is 5.41 Å². The SMILES string of the molecule is CCCCNc1nc(C)cn1CC1(C)CCCC1. The Morgan fingerprint density at radius 2 is 2.11 bits per heavy atom. The van der Waals surface area contributed by atoms with Gasteiger partial charge in [-0.1, -0.05) is 33.1 Å². The topological polar surface area (TPSA) is 29.9 Å². The third kappa shape index (κ3) is 3.27. The average molecular weight is 249 g/mol. The second-order valence-electron chi connectivity index (χ2n) is 6.13. The number of hydrogen-bond donors (Lipinski definition) is 1. The van der Waals surface area contributed by atoms with Crippen molar-refractivity contribution in [2.45, 2.75) is 65.8 Å². The molecule has 0 spiro atoms. The smallest absolute Gasteiger partial charge is 0.203 e. The summed E-state index contributed by atoms with van der Waals surface area (Å²) in [7, 11) is 0. The van der Waals surface area contributed by atoms with Gasteiger partial charge < -0.3 is 9.88 Å². The third-order valence-corrected chi connectivity index (χ3v) is 4.07. The van der Waals surface area contributed by atoms with Gasteiger partial charge in [-0.25, -0.2) is 4.98 Å². The normalized spacial score (nSPS) is 18.2. The van der Waals surface area contributed by atoms with Gasteiger partial charge in [0.25, 0.3) is 0 Å². The molecule has 1 aliphatic rings. The van der Waals surface area contributed by atoms with Crippen molar-refractivity contribution in [3.63, 3.8) is 0 Å². The molecule has 0 amide bonds. The van der Waals surface area contributed by atoms with Gasteiger partial charge in [-0.3, -0.25) is 0 Å². The minimum atomic E-state index is 0.480. The molecule has 1 heterocycles. The van der Waals surface area contributed by atoms with Crippen LogP contribution in [0.1, 0.15) is 58.1 Å². The fraction of sp³-hybridized carbons (Fsp3) is 0.800. The maximum absolute atomic E-state index is 4.61. The third-order valence-electron chi connectivity index (χ3n) is 4.07. The number of nitrogens with one attached hydrogen (secondary N) is 1. The van der Waals surface area contributed by atoms with Crippen molar-refractivity contribution >= 4 is 5.95 Å². The quantitative estimate of drug-likeness (QED) is 0.773. The highest BCUT2D eigenvalue weighted by atomic mass is 15.2. The van der Waals surface area contributed by atoms with Crippen molar-refractivity contribution in [2.24, 2.45) is 5.41 Å². The summed E-state index contributed by atoms with van der Waals surface area (Å²) < 4.78 is 2.33. The predicted octanol–water partition coefficient (Wildman–Crippen LogP) is 3.98. The summed E-state index contributed by atoms with van der Waals surface area (Å²) in [5.41, 5.74) is 1.60. The first kappa shape index (κ1) is 13.4. The molecule has 0 bridgehead atoms. The first-order valence-corrected chi connectivity index (χ1v) is 7.41. The van der Waals surface area contributed by atoms with Gasteiger partial charge >= 0.3 is 0 Å². The van der Waals surface area contributed by atoms with Crippen molar-refractivity contribution in [3.05, 3.63) is 11.9 Å². The zero-order valence-corrected chi connectivity index (χ0v) is 12.1. The maximum atomic E-state index is 4.61. The first-order valence-electron chi connectivity index (χ1n) is 7.41. The van der Waals surface area contributed by atoms with Crippen LogP contribution in [0.4, 0.5) is 5.95 Å². The summed E-state index contributed by atoms with van der Waals surface area (Å²) in [6.45, 7) is 8.87. The van der Waals surface area contributed by atoms with Crippen molar-refractivity contribution < 1.29 is 0 Å². The molecule has 3 heteroatoms. The van der Waals surface area contributed by atoms with E-state index >= 15 is 0 Å². The van der Waals surface area contributed by atoms with E-state index in [1.54, 1.807) is 0 Å². The van der Waals surface area contributed by atoms with Gasteiger partial charge in [0.1, 0.15) is 0 Å². The Balaban J connectivity index is 2.02. The molecule has 0 aliphatic heterocycles. The van der Waals surface area contributed by atoms with E-state index in [1.165, 1.54) is 38.5 Å². The standard InChI is InChI=1S/C15H27N3/c1-4-5-10-16-14-17-13(2)11-18(14)12-15(3)8-6-7-9-15/h11H,4-10,12H2,1-3H3,(H,16,17). The predicted molar refractivity (Wildman–Crippen MR) is 76.9 cm³/mol. The molecule has 1 aromatic rings. The molecule has 0 unspecified atom stereocenters. The zero-order chi connectivity index (χ0) is 13.0. The summed E-state index contributed by atoms with van der Waals surface area (Å²) >= 11 is 0. The summed E-state index contributed by atoms with van der Waals surface area (Å²) in [5, 5.41) is 3.48. The Morgan fingerprint density at radius 1 is 1.39 bits per heavy atom. The molecule has 2 rings (SSSR count). The van der Waals surface area contributed by atoms with E-state index < -0.39 is 0 Å². The number of anilines is 1. The molecule has 0 aromatic carbocycles. The van der Waals surface area contributed by atoms with E-state index in [-0.39, 0.29) is 0 Å². The van der Waals surface area contributed by atoms with Gasteiger partial charge in [0.15, 0.2) is 0 Å². The number of aromatic nitrogens is 2. The van der Waals surface area contributed by atoms with Crippen LogP contribution in [0.25, 0.3) is 0 Å². The Kier molecular flexibility index (Phi) is 4.31.